The van der Waals surface area contributed by atoms with Crippen LogP contribution in [-0.4, -0.2) is 29.4 Å². The highest BCUT2D eigenvalue weighted by Crippen LogP contribution is 2.13. The number of quaternary nitrogens is 1. The number of rotatable bonds is 6. The van der Waals surface area contributed by atoms with Crippen LogP contribution in [0.5, 0.6) is 0 Å². The van der Waals surface area contributed by atoms with Gasteiger partial charge in [-0.25, -0.2) is 0 Å². The van der Waals surface area contributed by atoms with Crippen molar-refractivity contribution in [3.05, 3.63) is 29.3 Å². The number of hydrogen-bond donors (Lipinski definition) is 2. The van der Waals surface area contributed by atoms with Gasteiger partial charge in [0, 0.05) is 10.7 Å². The van der Waals surface area contributed by atoms with E-state index in [0.717, 1.165) is 0 Å². The van der Waals surface area contributed by atoms with Gasteiger partial charge < -0.3 is 21.0 Å². The standard InChI is InChI=1S/C11H13ClN2O3S/c12-7-1-3-8(4-2-7)14-10(15)6-18-5-9(13)11(16)17/h1-4,9H,5-6,13H2,(H,14,15)(H,16,17)/t9-/m1/s1. The van der Waals surface area contributed by atoms with E-state index in [2.05, 4.69) is 11.1 Å². The number of nitrogens with one attached hydrogen (secondary N) is 1. The van der Waals surface area contributed by atoms with Crippen molar-refractivity contribution in [2.24, 2.45) is 0 Å². The van der Waals surface area contributed by atoms with Crippen molar-refractivity contribution in [1.82, 2.24) is 0 Å². The van der Waals surface area contributed by atoms with Gasteiger partial charge in [-0.1, -0.05) is 11.6 Å². The summed E-state index contributed by atoms with van der Waals surface area (Å²) in [6, 6.07) is 5.92. The minimum atomic E-state index is -1.21. The molecule has 0 heterocycles. The molecule has 0 spiro atoms. The third kappa shape index (κ3) is 5.39. The van der Waals surface area contributed by atoms with E-state index in [1.165, 1.54) is 11.8 Å². The highest BCUT2D eigenvalue weighted by Gasteiger charge is 2.09. The Balaban J connectivity index is 2.30. The van der Waals surface area contributed by atoms with Crippen molar-refractivity contribution in [2.45, 2.75) is 6.04 Å². The quantitative estimate of drug-likeness (QED) is 0.728. The third-order valence-corrected chi connectivity index (χ3v) is 3.37. The summed E-state index contributed by atoms with van der Waals surface area (Å²) in [5.41, 5.74) is 4.05. The zero-order valence-electron chi connectivity index (χ0n) is 9.52. The number of carboxylic acids is 1. The molecule has 0 unspecified atom stereocenters. The van der Waals surface area contributed by atoms with E-state index in [-0.39, 0.29) is 17.4 Å². The summed E-state index contributed by atoms with van der Waals surface area (Å²) in [5, 5.41) is 13.7. The molecule has 1 amide bonds. The normalized spacial score (nSPS) is 11.9. The zero-order valence-corrected chi connectivity index (χ0v) is 11.1. The Labute approximate surface area is 114 Å². The molecule has 1 atom stereocenters. The minimum Gasteiger partial charge on any atom is -0.544 e. The highest BCUT2D eigenvalue weighted by molar-refractivity contribution is 8.00. The fourth-order valence-electron chi connectivity index (χ4n) is 1.09. The third-order valence-electron chi connectivity index (χ3n) is 2.01. The fraction of sp³-hybridized carbons (Fsp3) is 0.273. The SMILES string of the molecule is [NH3+][C@H](CSCC(=O)Nc1ccc(Cl)cc1)C(=O)[O-]. The summed E-state index contributed by atoms with van der Waals surface area (Å²) in [7, 11) is 0. The van der Waals surface area contributed by atoms with Crippen LogP contribution >= 0.6 is 23.4 Å². The first kappa shape index (κ1) is 14.8. The summed E-state index contributed by atoms with van der Waals surface area (Å²) in [6.45, 7) is 0. The number of carbonyl (C=O) groups excluding carboxylic acids is 2. The van der Waals surface area contributed by atoms with Crippen molar-refractivity contribution in [2.75, 3.05) is 16.8 Å². The average Bonchev–Trinajstić information content (AvgIpc) is 2.32. The topological polar surface area (TPSA) is 96.9 Å². The number of benzene rings is 1. The molecule has 0 saturated heterocycles. The van der Waals surface area contributed by atoms with Crippen LogP contribution < -0.4 is 16.2 Å². The van der Waals surface area contributed by atoms with Crippen LogP contribution in [0.25, 0.3) is 0 Å². The maximum absolute atomic E-state index is 11.5. The molecule has 1 aromatic rings. The molecular weight excluding hydrogens is 276 g/mol. The molecule has 98 valence electrons. The molecule has 0 bridgehead atoms. The van der Waals surface area contributed by atoms with Crippen LogP contribution in [0.4, 0.5) is 5.69 Å². The van der Waals surface area contributed by atoms with Gasteiger partial charge in [0.15, 0.2) is 0 Å². The van der Waals surface area contributed by atoms with Gasteiger partial charge in [0.1, 0.15) is 6.04 Å². The van der Waals surface area contributed by atoms with E-state index in [9.17, 15) is 14.7 Å². The molecule has 0 radical (unpaired) electrons. The lowest BCUT2D eigenvalue weighted by molar-refractivity contribution is -0.431. The van der Waals surface area contributed by atoms with Crippen LogP contribution in [0, 0.1) is 0 Å². The van der Waals surface area contributed by atoms with Gasteiger partial charge >= 0.3 is 0 Å². The number of thioether (sulfide) groups is 1. The van der Waals surface area contributed by atoms with Gasteiger partial charge in [0.25, 0.3) is 0 Å². The summed E-state index contributed by atoms with van der Waals surface area (Å²) >= 11 is 6.91. The Morgan fingerprint density at radius 1 is 1.39 bits per heavy atom. The second-order valence-electron chi connectivity index (χ2n) is 3.59. The van der Waals surface area contributed by atoms with Crippen molar-refractivity contribution < 1.29 is 20.4 Å². The number of carboxylic acid groups (broad SMARTS) is 1. The first-order valence-electron chi connectivity index (χ1n) is 5.16. The van der Waals surface area contributed by atoms with Crippen molar-refractivity contribution >= 4 is 40.9 Å². The molecule has 0 fully saturated rings. The summed E-state index contributed by atoms with van der Waals surface area (Å²) in [5.74, 6) is -0.994. The smallest absolute Gasteiger partial charge is 0.234 e. The maximum atomic E-state index is 11.5. The molecule has 1 aromatic carbocycles. The van der Waals surface area contributed by atoms with Gasteiger partial charge in [-0.15, -0.1) is 11.8 Å². The lowest BCUT2D eigenvalue weighted by Crippen LogP contribution is -2.69. The average molecular weight is 289 g/mol. The highest BCUT2D eigenvalue weighted by atomic mass is 35.5. The first-order chi connectivity index (χ1) is 8.49. The Kier molecular flexibility index (Phi) is 5.97. The van der Waals surface area contributed by atoms with Crippen molar-refractivity contribution in [3.8, 4) is 0 Å². The Morgan fingerprint density at radius 2 is 2.00 bits per heavy atom. The van der Waals surface area contributed by atoms with Crippen LogP contribution in [0.1, 0.15) is 0 Å². The maximum Gasteiger partial charge on any atom is 0.234 e. The van der Waals surface area contributed by atoms with Gasteiger partial charge in [0.2, 0.25) is 5.91 Å². The van der Waals surface area contributed by atoms with Gasteiger partial charge in [-0.2, -0.15) is 0 Å². The monoisotopic (exact) mass is 288 g/mol. The molecule has 0 aliphatic heterocycles. The lowest BCUT2D eigenvalue weighted by Gasteiger charge is -2.09. The van der Waals surface area contributed by atoms with E-state index < -0.39 is 12.0 Å². The van der Waals surface area contributed by atoms with Crippen molar-refractivity contribution in [1.29, 1.82) is 0 Å². The zero-order chi connectivity index (χ0) is 13.5. The van der Waals surface area contributed by atoms with Crippen LogP contribution in [-0.2, 0) is 9.59 Å². The van der Waals surface area contributed by atoms with Crippen LogP contribution in [0.2, 0.25) is 5.02 Å². The first-order valence-corrected chi connectivity index (χ1v) is 6.69. The fourth-order valence-corrected chi connectivity index (χ4v) is 2.01. The molecule has 4 N–H and O–H groups in total. The number of halogens is 1. The summed E-state index contributed by atoms with van der Waals surface area (Å²) in [6.07, 6.45) is 0. The molecule has 0 aliphatic rings. The van der Waals surface area contributed by atoms with Crippen molar-refractivity contribution in [3.63, 3.8) is 0 Å². The number of amides is 1. The van der Waals surface area contributed by atoms with Gasteiger partial charge in [-0.05, 0) is 24.3 Å². The van der Waals surface area contributed by atoms with E-state index in [1.807, 2.05) is 0 Å². The lowest BCUT2D eigenvalue weighted by atomic mass is 10.3. The Hall–Kier alpha value is -1.24. The summed E-state index contributed by atoms with van der Waals surface area (Å²) in [4.78, 5) is 21.9. The molecule has 5 nitrogen and oxygen atoms in total. The van der Waals surface area contributed by atoms with E-state index in [0.29, 0.717) is 10.7 Å². The molecule has 1 rings (SSSR count). The minimum absolute atomic E-state index is 0.169. The van der Waals surface area contributed by atoms with Gasteiger partial charge in [-0.3, -0.25) is 4.79 Å². The molecule has 0 aliphatic carbocycles. The van der Waals surface area contributed by atoms with Crippen LogP contribution in [0.3, 0.4) is 0 Å². The largest absolute Gasteiger partial charge is 0.544 e. The Morgan fingerprint density at radius 3 is 2.56 bits per heavy atom. The molecular formula is C11H13ClN2O3S. The van der Waals surface area contributed by atoms with Gasteiger partial charge in [0.05, 0.1) is 17.5 Å². The molecule has 7 heteroatoms. The predicted octanol–water partition coefficient (Wildman–Crippen LogP) is -0.628. The summed E-state index contributed by atoms with van der Waals surface area (Å²) < 4.78 is 0. The van der Waals surface area contributed by atoms with E-state index in [4.69, 9.17) is 11.6 Å². The second-order valence-corrected chi connectivity index (χ2v) is 5.05. The van der Waals surface area contributed by atoms with E-state index >= 15 is 0 Å². The Bertz CT molecular complexity index is 425. The number of anilines is 1. The molecule has 0 saturated carbocycles. The van der Waals surface area contributed by atoms with E-state index in [1.54, 1.807) is 24.3 Å². The second kappa shape index (κ2) is 7.25. The molecule has 0 aromatic heterocycles. The number of aliphatic carboxylic acids is 1. The molecule has 18 heavy (non-hydrogen) atoms. The number of carbonyl (C=O) groups is 2. The van der Waals surface area contributed by atoms with Crippen LogP contribution in [0.15, 0.2) is 24.3 Å². The number of hydrogen-bond acceptors (Lipinski definition) is 4. The predicted molar refractivity (Wildman–Crippen MR) is 69.1 cm³/mol.